The number of thioether (sulfide) groups is 1. The highest BCUT2D eigenvalue weighted by atomic mass is 32.2. The Hall–Kier alpha value is -1.36. The van der Waals surface area contributed by atoms with E-state index >= 15 is 0 Å². The lowest BCUT2D eigenvalue weighted by atomic mass is 10.2. The number of anilines is 2. The molecule has 0 radical (unpaired) electrons. The molecule has 112 valence electrons. The predicted octanol–water partition coefficient (Wildman–Crippen LogP) is 3.39. The summed E-state index contributed by atoms with van der Waals surface area (Å²) in [6, 6.07) is 5.21. The molecule has 0 bridgehead atoms. The van der Waals surface area contributed by atoms with Gasteiger partial charge >= 0.3 is 0 Å². The molecule has 0 atom stereocenters. The highest BCUT2D eigenvalue weighted by Gasteiger charge is 2.08. The Morgan fingerprint density at radius 3 is 2.80 bits per heavy atom. The van der Waals surface area contributed by atoms with Crippen LogP contribution in [0, 0.1) is 5.92 Å². The van der Waals surface area contributed by atoms with Crippen molar-refractivity contribution >= 4 is 29.0 Å². The highest BCUT2D eigenvalue weighted by Crippen LogP contribution is 2.26. The number of nitrogens with two attached hydrogens (primary N) is 1. The van der Waals surface area contributed by atoms with Gasteiger partial charge in [-0.05, 0) is 36.3 Å². The van der Waals surface area contributed by atoms with Crippen molar-refractivity contribution < 1.29 is 9.53 Å². The normalized spacial score (nSPS) is 10.6. The summed E-state index contributed by atoms with van der Waals surface area (Å²) in [4.78, 5) is 11.9. The standard InChI is InChI=1S/C15H24N2O2S/c1-11(2)6-8-20-9-7-15(18)17-13-10-12(16)4-5-14(13)19-3/h4-5,10-11H,6-9,16H2,1-3H3,(H,17,18). The first kappa shape index (κ1) is 16.7. The highest BCUT2D eigenvalue weighted by molar-refractivity contribution is 7.99. The van der Waals surface area contributed by atoms with Crippen LogP contribution in [-0.2, 0) is 4.79 Å². The van der Waals surface area contributed by atoms with Gasteiger partial charge in [-0.15, -0.1) is 0 Å². The Morgan fingerprint density at radius 1 is 1.40 bits per heavy atom. The lowest BCUT2D eigenvalue weighted by Crippen LogP contribution is -2.13. The van der Waals surface area contributed by atoms with Crippen LogP contribution < -0.4 is 15.8 Å². The van der Waals surface area contributed by atoms with E-state index in [0.717, 1.165) is 11.5 Å². The molecule has 20 heavy (non-hydrogen) atoms. The average molecular weight is 296 g/mol. The van der Waals surface area contributed by atoms with Gasteiger partial charge in [-0.3, -0.25) is 4.79 Å². The van der Waals surface area contributed by atoms with E-state index in [1.54, 1.807) is 25.3 Å². The van der Waals surface area contributed by atoms with Crippen LogP contribution >= 0.6 is 11.8 Å². The third-order valence-corrected chi connectivity index (χ3v) is 3.83. The Kier molecular flexibility index (Phi) is 7.30. The molecule has 0 fully saturated rings. The van der Waals surface area contributed by atoms with Crippen LogP contribution in [0.4, 0.5) is 11.4 Å². The van der Waals surface area contributed by atoms with E-state index < -0.39 is 0 Å². The van der Waals surface area contributed by atoms with Crippen LogP contribution in [-0.4, -0.2) is 24.5 Å². The largest absolute Gasteiger partial charge is 0.495 e. The van der Waals surface area contributed by atoms with Crippen molar-refractivity contribution in [2.24, 2.45) is 5.92 Å². The first-order valence-electron chi connectivity index (χ1n) is 6.84. The molecule has 1 amide bonds. The van der Waals surface area contributed by atoms with E-state index in [1.807, 2.05) is 11.8 Å². The van der Waals surface area contributed by atoms with E-state index in [-0.39, 0.29) is 5.91 Å². The topological polar surface area (TPSA) is 64.3 Å². The quantitative estimate of drug-likeness (QED) is 0.570. The number of carbonyl (C=O) groups is 1. The van der Waals surface area contributed by atoms with Gasteiger partial charge in [0.15, 0.2) is 0 Å². The van der Waals surface area contributed by atoms with E-state index in [2.05, 4.69) is 19.2 Å². The molecule has 5 heteroatoms. The third-order valence-electron chi connectivity index (χ3n) is 2.81. The number of methoxy groups -OCH3 is 1. The maximum absolute atomic E-state index is 11.9. The van der Waals surface area contributed by atoms with Crippen molar-refractivity contribution in [2.75, 3.05) is 29.7 Å². The number of benzene rings is 1. The number of hydrogen-bond donors (Lipinski definition) is 2. The molecule has 1 aromatic rings. The molecule has 0 aromatic heterocycles. The van der Waals surface area contributed by atoms with Gasteiger partial charge in [-0.2, -0.15) is 11.8 Å². The molecule has 3 N–H and O–H groups in total. The third kappa shape index (κ3) is 6.19. The van der Waals surface area contributed by atoms with Gasteiger partial charge in [0, 0.05) is 17.9 Å². The Morgan fingerprint density at radius 2 is 2.15 bits per heavy atom. The van der Waals surface area contributed by atoms with Gasteiger partial charge < -0.3 is 15.8 Å². The number of carbonyl (C=O) groups excluding carboxylic acids is 1. The number of ether oxygens (including phenoxy) is 1. The summed E-state index contributed by atoms with van der Waals surface area (Å²) >= 11 is 1.82. The van der Waals surface area contributed by atoms with Crippen molar-refractivity contribution in [3.63, 3.8) is 0 Å². The monoisotopic (exact) mass is 296 g/mol. The SMILES string of the molecule is COc1ccc(N)cc1NC(=O)CCSCCC(C)C. The summed E-state index contributed by atoms with van der Waals surface area (Å²) in [7, 11) is 1.57. The summed E-state index contributed by atoms with van der Waals surface area (Å²) in [5.74, 6) is 3.27. The number of hydrogen-bond acceptors (Lipinski definition) is 4. The van der Waals surface area contributed by atoms with Crippen LogP contribution in [0.3, 0.4) is 0 Å². The van der Waals surface area contributed by atoms with Gasteiger partial charge in [0.25, 0.3) is 0 Å². The zero-order valence-corrected chi connectivity index (χ0v) is 13.3. The second kappa shape index (κ2) is 8.74. The summed E-state index contributed by atoms with van der Waals surface area (Å²) in [6.07, 6.45) is 1.69. The lowest BCUT2D eigenvalue weighted by molar-refractivity contribution is -0.115. The summed E-state index contributed by atoms with van der Waals surface area (Å²) in [5, 5.41) is 2.84. The molecule has 0 unspecified atom stereocenters. The second-order valence-corrected chi connectivity index (χ2v) is 6.28. The van der Waals surface area contributed by atoms with Crippen LogP contribution in [0.15, 0.2) is 18.2 Å². The molecular formula is C15H24N2O2S. The van der Waals surface area contributed by atoms with Gasteiger partial charge in [0.05, 0.1) is 12.8 Å². The summed E-state index contributed by atoms with van der Waals surface area (Å²) < 4.78 is 5.20. The Balaban J connectivity index is 2.37. The fraction of sp³-hybridized carbons (Fsp3) is 0.533. The van der Waals surface area contributed by atoms with Crippen LogP contribution in [0.5, 0.6) is 5.75 Å². The Labute approximate surface area is 125 Å². The minimum absolute atomic E-state index is 0.00838. The van der Waals surface area contributed by atoms with Gasteiger partial charge in [0.1, 0.15) is 5.75 Å². The van der Waals surface area contributed by atoms with Gasteiger partial charge in [-0.1, -0.05) is 13.8 Å². The molecule has 0 heterocycles. The number of rotatable bonds is 8. The van der Waals surface area contributed by atoms with Crippen LogP contribution in [0.1, 0.15) is 26.7 Å². The second-order valence-electron chi connectivity index (χ2n) is 5.05. The fourth-order valence-electron chi connectivity index (χ4n) is 1.62. The van der Waals surface area contributed by atoms with Crippen molar-refractivity contribution in [3.8, 4) is 5.75 Å². The first-order valence-corrected chi connectivity index (χ1v) is 7.99. The Bertz CT molecular complexity index is 436. The minimum Gasteiger partial charge on any atom is -0.495 e. The molecular weight excluding hydrogens is 272 g/mol. The van der Waals surface area contributed by atoms with E-state index in [0.29, 0.717) is 29.5 Å². The summed E-state index contributed by atoms with van der Waals surface area (Å²) in [6.45, 7) is 4.42. The van der Waals surface area contributed by atoms with E-state index in [9.17, 15) is 4.79 Å². The minimum atomic E-state index is -0.00838. The van der Waals surface area contributed by atoms with Gasteiger partial charge in [-0.25, -0.2) is 0 Å². The first-order chi connectivity index (χ1) is 9.52. The maximum atomic E-state index is 11.9. The van der Waals surface area contributed by atoms with Crippen molar-refractivity contribution in [1.29, 1.82) is 0 Å². The van der Waals surface area contributed by atoms with Crippen LogP contribution in [0.2, 0.25) is 0 Å². The smallest absolute Gasteiger partial charge is 0.225 e. The van der Waals surface area contributed by atoms with Crippen molar-refractivity contribution in [2.45, 2.75) is 26.7 Å². The molecule has 0 aliphatic carbocycles. The molecule has 0 saturated carbocycles. The van der Waals surface area contributed by atoms with Crippen LogP contribution in [0.25, 0.3) is 0 Å². The summed E-state index contributed by atoms with van der Waals surface area (Å²) in [5.41, 5.74) is 6.95. The van der Waals surface area contributed by atoms with Crippen molar-refractivity contribution in [3.05, 3.63) is 18.2 Å². The van der Waals surface area contributed by atoms with Gasteiger partial charge in [0.2, 0.25) is 5.91 Å². The average Bonchev–Trinajstić information content (AvgIpc) is 2.38. The number of amides is 1. The maximum Gasteiger partial charge on any atom is 0.225 e. The molecule has 0 aliphatic heterocycles. The molecule has 0 saturated heterocycles. The zero-order chi connectivity index (χ0) is 15.0. The van der Waals surface area contributed by atoms with E-state index in [4.69, 9.17) is 10.5 Å². The zero-order valence-electron chi connectivity index (χ0n) is 12.4. The molecule has 1 aromatic carbocycles. The number of nitrogens with one attached hydrogen (secondary N) is 1. The van der Waals surface area contributed by atoms with Crippen molar-refractivity contribution in [1.82, 2.24) is 0 Å². The molecule has 0 aliphatic rings. The molecule has 1 rings (SSSR count). The number of nitrogen functional groups attached to an aromatic ring is 1. The van der Waals surface area contributed by atoms with E-state index in [1.165, 1.54) is 6.42 Å². The lowest BCUT2D eigenvalue weighted by Gasteiger charge is -2.11. The molecule has 0 spiro atoms. The fourth-order valence-corrected chi connectivity index (χ4v) is 2.79. The predicted molar refractivity (Wildman–Crippen MR) is 87.4 cm³/mol. The molecule has 4 nitrogen and oxygen atoms in total.